The standard InChI is InChI=1S/C15H24N2O16P2/c18-4-8-6(19)3-7(20)14(31-8)32-35(28,33-34(25,26)27)29-5-9-11(22)12(23)13(30-9)17-2-1-10(21)16-15(17)24/h1-2,6-9,11-14,18-20,22-23H,3-5H2,(H,16,21,24)(H2,25,26,27)/t6-,7+,8+,9-,11?,12?,13-,14-,35?/m0/s1. The van der Waals surface area contributed by atoms with E-state index in [-0.39, 0.29) is 0 Å². The van der Waals surface area contributed by atoms with Gasteiger partial charge in [0, 0.05) is 18.7 Å². The number of phosphoric ester groups is 1. The lowest BCUT2D eigenvalue weighted by molar-refractivity contribution is -0.245. The Labute approximate surface area is 195 Å². The second kappa shape index (κ2) is 11.0. The van der Waals surface area contributed by atoms with E-state index in [1.165, 1.54) is 0 Å². The van der Waals surface area contributed by atoms with Crippen molar-refractivity contribution < 1.29 is 67.3 Å². The number of aromatic nitrogens is 2. The third-order valence-corrected chi connectivity index (χ3v) is 7.60. The number of ether oxygens (including phenoxy) is 2. The number of rotatable bonds is 9. The maximum atomic E-state index is 12.9. The van der Waals surface area contributed by atoms with E-state index in [0.717, 1.165) is 16.8 Å². The van der Waals surface area contributed by atoms with Crippen molar-refractivity contribution in [1.82, 2.24) is 9.55 Å². The van der Waals surface area contributed by atoms with Crippen LogP contribution in [0, 0.1) is 0 Å². The van der Waals surface area contributed by atoms with Gasteiger partial charge in [0.05, 0.1) is 19.3 Å². The van der Waals surface area contributed by atoms with Gasteiger partial charge in [-0.3, -0.25) is 23.4 Å². The van der Waals surface area contributed by atoms with Crippen LogP contribution in [0.25, 0.3) is 0 Å². The van der Waals surface area contributed by atoms with Gasteiger partial charge in [-0.05, 0) is 0 Å². The predicted molar refractivity (Wildman–Crippen MR) is 107 cm³/mol. The first-order valence-electron chi connectivity index (χ1n) is 9.88. The lowest BCUT2D eigenvalue weighted by Gasteiger charge is -2.36. The Morgan fingerprint density at radius 2 is 1.74 bits per heavy atom. The maximum Gasteiger partial charge on any atom is 0.486 e. The summed E-state index contributed by atoms with van der Waals surface area (Å²) in [5.41, 5.74) is -1.73. The molecule has 0 spiro atoms. The average molecular weight is 550 g/mol. The average Bonchev–Trinajstić information content (AvgIpc) is 3.01. The van der Waals surface area contributed by atoms with Crippen molar-refractivity contribution in [3.63, 3.8) is 0 Å². The van der Waals surface area contributed by atoms with Crippen molar-refractivity contribution in [2.45, 2.75) is 55.6 Å². The zero-order valence-electron chi connectivity index (χ0n) is 17.5. The van der Waals surface area contributed by atoms with Crippen LogP contribution < -0.4 is 11.2 Å². The number of aromatic amines is 1. The molecule has 3 heterocycles. The first kappa shape index (κ1) is 28.2. The summed E-state index contributed by atoms with van der Waals surface area (Å²) in [7, 11) is -10.9. The molecule has 3 unspecified atom stereocenters. The lowest BCUT2D eigenvalue weighted by atomic mass is 10.0. The summed E-state index contributed by atoms with van der Waals surface area (Å²) in [4.78, 5) is 43.3. The zero-order valence-corrected chi connectivity index (χ0v) is 19.3. The number of nitrogens with one attached hydrogen (secondary N) is 1. The van der Waals surface area contributed by atoms with Crippen LogP contribution in [0.2, 0.25) is 0 Å². The van der Waals surface area contributed by atoms with Gasteiger partial charge in [0.1, 0.15) is 30.5 Å². The van der Waals surface area contributed by atoms with Gasteiger partial charge >= 0.3 is 21.3 Å². The second-order valence-corrected chi connectivity index (χ2v) is 10.6. The summed E-state index contributed by atoms with van der Waals surface area (Å²) in [6.07, 6.45) is -12.4. The Kier molecular flexibility index (Phi) is 8.84. The monoisotopic (exact) mass is 550 g/mol. The molecule has 2 saturated heterocycles. The number of nitrogens with zero attached hydrogens (tertiary/aromatic N) is 1. The summed E-state index contributed by atoms with van der Waals surface area (Å²) in [6.45, 7) is -1.73. The molecule has 0 saturated carbocycles. The SMILES string of the molecule is O=c1ccn([C@H]2O[C@@H](COP(=O)(O[C@@H]3O[C@H](CO)[C@@H](O)C[C@H]3O)OP(=O)(O)O)C(O)C2O)c(=O)[nH]1. The van der Waals surface area contributed by atoms with Gasteiger partial charge in [0.25, 0.3) is 5.56 Å². The van der Waals surface area contributed by atoms with E-state index in [2.05, 4.69) is 4.31 Å². The van der Waals surface area contributed by atoms with E-state index in [1.54, 1.807) is 0 Å². The highest BCUT2D eigenvalue weighted by atomic mass is 31.3. The summed E-state index contributed by atoms with van der Waals surface area (Å²) >= 11 is 0. The highest BCUT2D eigenvalue weighted by Crippen LogP contribution is 2.62. The summed E-state index contributed by atoms with van der Waals surface area (Å²) < 4.78 is 49.2. The predicted octanol–water partition coefficient (Wildman–Crippen LogP) is -3.76. The van der Waals surface area contributed by atoms with Crippen LogP contribution in [0.15, 0.2) is 21.9 Å². The first-order chi connectivity index (χ1) is 16.2. The summed E-state index contributed by atoms with van der Waals surface area (Å²) in [5, 5.41) is 49.4. The summed E-state index contributed by atoms with van der Waals surface area (Å²) in [6, 6.07) is 0.940. The van der Waals surface area contributed by atoms with E-state index in [1.807, 2.05) is 4.98 Å². The Bertz CT molecular complexity index is 1090. The van der Waals surface area contributed by atoms with Crippen LogP contribution in [-0.4, -0.2) is 101 Å². The Balaban J connectivity index is 1.75. The molecule has 1 aromatic rings. The highest BCUT2D eigenvalue weighted by Gasteiger charge is 2.48. The van der Waals surface area contributed by atoms with E-state index in [9.17, 15) is 44.3 Å². The molecule has 2 fully saturated rings. The molecule has 18 nitrogen and oxygen atoms in total. The van der Waals surface area contributed by atoms with E-state index >= 15 is 0 Å². The molecular weight excluding hydrogens is 526 g/mol. The molecule has 200 valence electrons. The maximum absolute atomic E-state index is 12.9. The number of hydrogen-bond acceptors (Lipinski definition) is 14. The fourth-order valence-corrected chi connectivity index (χ4v) is 5.56. The molecule has 2 aliphatic heterocycles. The zero-order chi connectivity index (χ0) is 26.1. The van der Waals surface area contributed by atoms with Crippen molar-refractivity contribution in [2.24, 2.45) is 0 Å². The van der Waals surface area contributed by atoms with Crippen LogP contribution in [-0.2, 0) is 32.0 Å². The minimum atomic E-state index is -5.55. The van der Waals surface area contributed by atoms with Crippen LogP contribution in [0.1, 0.15) is 12.6 Å². The minimum Gasteiger partial charge on any atom is -0.394 e. The van der Waals surface area contributed by atoms with Gasteiger partial charge in [-0.15, -0.1) is 0 Å². The Morgan fingerprint density at radius 1 is 1.06 bits per heavy atom. The molecule has 1 aromatic heterocycles. The molecule has 20 heteroatoms. The van der Waals surface area contributed by atoms with Crippen molar-refractivity contribution >= 4 is 15.6 Å². The van der Waals surface area contributed by atoms with Crippen LogP contribution in [0.3, 0.4) is 0 Å². The molecule has 8 N–H and O–H groups in total. The number of phosphoric acid groups is 2. The van der Waals surface area contributed by atoms with Crippen molar-refractivity contribution in [2.75, 3.05) is 13.2 Å². The minimum absolute atomic E-state index is 0.432. The number of aliphatic hydroxyl groups is 5. The van der Waals surface area contributed by atoms with Gasteiger partial charge in [0.2, 0.25) is 0 Å². The van der Waals surface area contributed by atoms with Crippen LogP contribution in [0.4, 0.5) is 0 Å². The third-order valence-electron chi connectivity index (χ3n) is 5.01. The topological polar surface area (TPSA) is 277 Å². The lowest BCUT2D eigenvalue weighted by Crippen LogP contribution is -2.49. The second-order valence-electron chi connectivity index (χ2n) is 7.58. The molecule has 0 amide bonds. The molecular formula is C15H24N2O16P2. The van der Waals surface area contributed by atoms with Gasteiger partial charge in [-0.1, -0.05) is 0 Å². The summed E-state index contributed by atoms with van der Waals surface area (Å²) in [5.74, 6) is 0. The first-order valence-corrected chi connectivity index (χ1v) is 12.9. The Morgan fingerprint density at radius 3 is 2.34 bits per heavy atom. The van der Waals surface area contributed by atoms with Gasteiger partial charge in [-0.2, -0.15) is 4.31 Å². The molecule has 0 aliphatic carbocycles. The number of hydrogen-bond donors (Lipinski definition) is 8. The number of H-pyrrole nitrogens is 1. The van der Waals surface area contributed by atoms with Crippen molar-refractivity contribution in [1.29, 1.82) is 0 Å². The highest BCUT2D eigenvalue weighted by molar-refractivity contribution is 7.61. The Hall–Kier alpha value is -1.34. The fourth-order valence-electron chi connectivity index (χ4n) is 3.34. The van der Waals surface area contributed by atoms with Gasteiger partial charge in [-0.25, -0.2) is 13.9 Å². The van der Waals surface area contributed by atoms with Crippen molar-refractivity contribution in [3.05, 3.63) is 33.1 Å². The molecule has 0 radical (unpaired) electrons. The molecule has 0 aromatic carbocycles. The molecule has 35 heavy (non-hydrogen) atoms. The van der Waals surface area contributed by atoms with Crippen LogP contribution in [0.5, 0.6) is 0 Å². The quantitative estimate of drug-likeness (QED) is 0.137. The smallest absolute Gasteiger partial charge is 0.394 e. The molecule has 9 atom stereocenters. The fraction of sp³-hybridized carbons (Fsp3) is 0.733. The van der Waals surface area contributed by atoms with Gasteiger partial charge < -0.3 is 44.8 Å². The van der Waals surface area contributed by atoms with Crippen LogP contribution >= 0.6 is 15.6 Å². The van der Waals surface area contributed by atoms with Crippen molar-refractivity contribution in [3.8, 4) is 0 Å². The van der Waals surface area contributed by atoms with Gasteiger partial charge in [0.15, 0.2) is 12.5 Å². The van der Waals surface area contributed by atoms with E-state index < -0.39 is 95.7 Å². The normalized spacial score (nSPS) is 35.6. The van der Waals surface area contributed by atoms with E-state index in [4.69, 9.17) is 28.3 Å². The largest absolute Gasteiger partial charge is 0.486 e. The van der Waals surface area contributed by atoms with E-state index in [0.29, 0.717) is 0 Å². The third kappa shape index (κ3) is 6.91. The molecule has 0 bridgehead atoms. The molecule has 2 aliphatic rings. The molecule has 3 rings (SSSR count). The number of aliphatic hydroxyl groups excluding tert-OH is 5.